The average molecular weight is 288 g/mol. The molecular formula is C19H16N2O. The van der Waals surface area contributed by atoms with Crippen molar-refractivity contribution in [3.63, 3.8) is 0 Å². The Balaban J connectivity index is 1.66. The Morgan fingerprint density at radius 3 is 2.68 bits per heavy atom. The van der Waals surface area contributed by atoms with Crippen molar-refractivity contribution in [2.75, 3.05) is 5.32 Å². The van der Waals surface area contributed by atoms with E-state index in [2.05, 4.69) is 22.4 Å². The van der Waals surface area contributed by atoms with E-state index in [-0.39, 0.29) is 0 Å². The molecule has 4 rings (SSSR count). The van der Waals surface area contributed by atoms with E-state index in [1.54, 1.807) is 0 Å². The van der Waals surface area contributed by atoms with Crippen molar-refractivity contribution in [3.8, 4) is 0 Å². The highest BCUT2D eigenvalue weighted by Crippen LogP contribution is 2.30. The zero-order valence-corrected chi connectivity index (χ0v) is 12.3. The van der Waals surface area contributed by atoms with E-state index in [1.165, 1.54) is 0 Å². The number of para-hydroxylation sites is 1. The molecule has 0 unspecified atom stereocenters. The van der Waals surface area contributed by atoms with Gasteiger partial charge in [0.15, 0.2) is 0 Å². The Morgan fingerprint density at radius 2 is 1.77 bits per heavy atom. The fourth-order valence-corrected chi connectivity index (χ4v) is 2.73. The lowest BCUT2D eigenvalue weighted by Gasteiger charge is -2.06. The van der Waals surface area contributed by atoms with Gasteiger partial charge in [-0.25, -0.2) is 0 Å². The molecule has 0 spiro atoms. The maximum absolute atomic E-state index is 5.85. The molecule has 0 bridgehead atoms. The number of hydrogen-bond donors (Lipinski definition) is 1. The Morgan fingerprint density at radius 1 is 0.909 bits per heavy atom. The van der Waals surface area contributed by atoms with Crippen LogP contribution in [0.2, 0.25) is 0 Å². The fraction of sp³-hybridized carbons (Fsp3) is 0.105. The van der Waals surface area contributed by atoms with Crippen LogP contribution in [-0.4, -0.2) is 4.98 Å². The monoisotopic (exact) mass is 288 g/mol. The van der Waals surface area contributed by atoms with E-state index in [9.17, 15) is 0 Å². The molecule has 0 fully saturated rings. The minimum atomic E-state index is 0.711. The highest BCUT2D eigenvalue weighted by atomic mass is 16.3. The molecule has 0 aliphatic carbocycles. The first-order valence-electron chi connectivity index (χ1n) is 7.37. The number of benzene rings is 2. The van der Waals surface area contributed by atoms with Gasteiger partial charge >= 0.3 is 0 Å². The third-order valence-corrected chi connectivity index (χ3v) is 3.80. The van der Waals surface area contributed by atoms with Crippen LogP contribution in [0.4, 0.5) is 5.69 Å². The number of fused-ring (bicyclic) bond motifs is 3. The molecule has 0 aliphatic heterocycles. The lowest BCUT2D eigenvalue weighted by atomic mass is 10.1. The Labute approximate surface area is 128 Å². The lowest BCUT2D eigenvalue weighted by molar-refractivity contribution is 0.669. The summed E-state index contributed by atoms with van der Waals surface area (Å²) in [6.45, 7) is 2.72. The molecule has 0 amide bonds. The molecule has 0 saturated heterocycles. The van der Waals surface area contributed by atoms with Crippen molar-refractivity contribution in [1.82, 2.24) is 4.98 Å². The van der Waals surface area contributed by atoms with Gasteiger partial charge in [-0.2, -0.15) is 0 Å². The predicted octanol–water partition coefficient (Wildman–Crippen LogP) is 4.90. The summed E-state index contributed by atoms with van der Waals surface area (Å²) in [5.74, 6) is 0. The maximum atomic E-state index is 5.85. The number of aromatic nitrogens is 1. The summed E-state index contributed by atoms with van der Waals surface area (Å²) >= 11 is 0. The number of hydrogen-bond acceptors (Lipinski definition) is 3. The van der Waals surface area contributed by atoms with Crippen molar-refractivity contribution < 1.29 is 4.42 Å². The largest absolute Gasteiger partial charge is 0.456 e. The summed E-state index contributed by atoms with van der Waals surface area (Å²) in [5.41, 5.74) is 4.99. The van der Waals surface area contributed by atoms with Crippen LogP contribution in [0.25, 0.3) is 21.9 Å². The SMILES string of the molecule is Cc1cccc(CNc2ccc3oc4ccccc4c3c2)n1. The molecule has 0 aliphatic rings. The zero-order chi connectivity index (χ0) is 14.9. The van der Waals surface area contributed by atoms with E-state index < -0.39 is 0 Å². The Bertz CT molecular complexity index is 956. The van der Waals surface area contributed by atoms with Gasteiger partial charge in [0.05, 0.1) is 12.2 Å². The molecule has 0 radical (unpaired) electrons. The molecule has 3 nitrogen and oxygen atoms in total. The van der Waals surface area contributed by atoms with Gasteiger partial charge in [-0.1, -0.05) is 24.3 Å². The average Bonchev–Trinajstić information content (AvgIpc) is 2.91. The third-order valence-electron chi connectivity index (χ3n) is 3.80. The number of aryl methyl sites for hydroxylation is 1. The van der Waals surface area contributed by atoms with Crippen LogP contribution in [0.1, 0.15) is 11.4 Å². The smallest absolute Gasteiger partial charge is 0.135 e. The normalized spacial score (nSPS) is 11.1. The summed E-state index contributed by atoms with van der Waals surface area (Å²) < 4.78 is 5.85. The highest BCUT2D eigenvalue weighted by Gasteiger charge is 2.06. The number of furan rings is 1. The number of nitrogens with zero attached hydrogens (tertiary/aromatic N) is 1. The van der Waals surface area contributed by atoms with Crippen molar-refractivity contribution >= 4 is 27.6 Å². The molecule has 2 aromatic carbocycles. The topological polar surface area (TPSA) is 38.1 Å². The first-order valence-corrected chi connectivity index (χ1v) is 7.37. The molecule has 4 aromatic rings. The van der Waals surface area contributed by atoms with E-state index in [0.717, 1.165) is 39.0 Å². The van der Waals surface area contributed by atoms with Crippen LogP contribution in [0.3, 0.4) is 0 Å². The van der Waals surface area contributed by atoms with Gasteiger partial charge in [-0.3, -0.25) is 4.98 Å². The summed E-state index contributed by atoms with van der Waals surface area (Å²) in [5, 5.41) is 5.72. The maximum Gasteiger partial charge on any atom is 0.135 e. The van der Waals surface area contributed by atoms with Gasteiger partial charge in [-0.05, 0) is 43.3 Å². The number of pyridine rings is 1. The minimum absolute atomic E-state index is 0.711. The van der Waals surface area contributed by atoms with Crippen LogP contribution in [0.5, 0.6) is 0 Å². The summed E-state index contributed by atoms with van der Waals surface area (Å²) in [4.78, 5) is 4.51. The molecule has 0 atom stereocenters. The molecule has 0 saturated carbocycles. The van der Waals surface area contributed by atoms with Gasteiger partial charge in [0, 0.05) is 22.2 Å². The van der Waals surface area contributed by atoms with Gasteiger partial charge in [-0.15, -0.1) is 0 Å². The number of nitrogens with one attached hydrogen (secondary N) is 1. The van der Waals surface area contributed by atoms with E-state index >= 15 is 0 Å². The van der Waals surface area contributed by atoms with Crippen molar-refractivity contribution in [3.05, 3.63) is 72.1 Å². The summed E-state index contributed by atoms with van der Waals surface area (Å²) in [6, 6.07) is 20.4. The second kappa shape index (κ2) is 5.19. The molecular weight excluding hydrogens is 272 g/mol. The first kappa shape index (κ1) is 12.9. The van der Waals surface area contributed by atoms with Crippen LogP contribution in [0.15, 0.2) is 65.1 Å². The van der Waals surface area contributed by atoms with E-state index in [4.69, 9.17) is 4.42 Å². The van der Waals surface area contributed by atoms with Crippen molar-refractivity contribution in [2.45, 2.75) is 13.5 Å². The number of rotatable bonds is 3. The van der Waals surface area contributed by atoms with Crippen molar-refractivity contribution in [2.24, 2.45) is 0 Å². The Kier molecular flexibility index (Phi) is 3.04. The molecule has 2 aromatic heterocycles. The fourth-order valence-electron chi connectivity index (χ4n) is 2.73. The van der Waals surface area contributed by atoms with E-state index in [0.29, 0.717) is 6.54 Å². The van der Waals surface area contributed by atoms with Crippen LogP contribution in [-0.2, 0) is 6.54 Å². The molecule has 2 heterocycles. The molecule has 3 heteroatoms. The molecule has 22 heavy (non-hydrogen) atoms. The minimum Gasteiger partial charge on any atom is -0.456 e. The molecule has 1 N–H and O–H groups in total. The van der Waals surface area contributed by atoms with Gasteiger partial charge < -0.3 is 9.73 Å². The van der Waals surface area contributed by atoms with Crippen molar-refractivity contribution in [1.29, 1.82) is 0 Å². The van der Waals surface area contributed by atoms with Crippen LogP contribution < -0.4 is 5.32 Å². The van der Waals surface area contributed by atoms with Gasteiger partial charge in [0.2, 0.25) is 0 Å². The molecule has 108 valence electrons. The predicted molar refractivity (Wildman–Crippen MR) is 90.0 cm³/mol. The third kappa shape index (κ3) is 2.31. The van der Waals surface area contributed by atoms with Crippen LogP contribution in [0, 0.1) is 6.92 Å². The Hall–Kier alpha value is -2.81. The summed E-state index contributed by atoms with van der Waals surface area (Å²) in [7, 11) is 0. The van der Waals surface area contributed by atoms with Gasteiger partial charge in [0.1, 0.15) is 11.2 Å². The first-order chi connectivity index (χ1) is 10.8. The number of anilines is 1. The summed E-state index contributed by atoms with van der Waals surface area (Å²) in [6.07, 6.45) is 0. The second-order valence-corrected chi connectivity index (χ2v) is 5.43. The van der Waals surface area contributed by atoms with E-state index in [1.807, 2.05) is 55.5 Å². The standard InChI is InChI=1S/C19H16N2O/c1-13-5-4-6-15(21-13)12-20-14-9-10-19-17(11-14)16-7-2-3-8-18(16)22-19/h2-11,20H,12H2,1H3. The highest BCUT2D eigenvalue weighted by molar-refractivity contribution is 6.05. The second-order valence-electron chi connectivity index (χ2n) is 5.43. The quantitative estimate of drug-likeness (QED) is 0.582. The van der Waals surface area contributed by atoms with Crippen LogP contribution >= 0.6 is 0 Å². The lowest BCUT2D eigenvalue weighted by Crippen LogP contribution is -2.01. The van der Waals surface area contributed by atoms with Gasteiger partial charge in [0.25, 0.3) is 0 Å². The zero-order valence-electron chi connectivity index (χ0n) is 12.3.